The highest BCUT2D eigenvalue weighted by Crippen LogP contribution is 2.29. The molecule has 0 aliphatic carbocycles. The summed E-state index contributed by atoms with van der Waals surface area (Å²) in [6.45, 7) is 15.2. The van der Waals surface area contributed by atoms with Crippen LogP contribution < -0.4 is 20.9 Å². The van der Waals surface area contributed by atoms with Gasteiger partial charge in [0, 0.05) is 90.2 Å². The maximum atomic E-state index is 14.0. The number of hydrogen-bond acceptors (Lipinski definition) is 18. The molecule has 0 spiro atoms. The predicted octanol–water partition coefficient (Wildman–Crippen LogP) is 4.48. The van der Waals surface area contributed by atoms with Gasteiger partial charge in [-0.15, -0.1) is 21.5 Å². The smallest absolute Gasteiger partial charge is 0.274 e. The van der Waals surface area contributed by atoms with E-state index in [1.807, 2.05) is 85.5 Å². The minimum absolute atomic E-state index is 0.0125. The second kappa shape index (κ2) is 35.1. The molecule has 1 aromatic carbocycles. The average molecular weight is 1210 g/mol. The van der Waals surface area contributed by atoms with Crippen LogP contribution in [0.4, 0.5) is 5.82 Å². The molecule has 0 bridgehead atoms. The van der Waals surface area contributed by atoms with Crippen molar-refractivity contribution in [3.8, 4) is 10.4 Å². The molecule has 4 N–H and O–H groups in total. The van der Waals surface area contributed by atoms with Crippen LogP contribution in [0.5, 0.6) is 0 Å². The monoisotopic (exact) mass is 1210 g/mol. The summed E-state index contributed by atoms with van der Waals surface area (Å²) < 4.78 is 28.0. The number of carbonyl (C=O) groups is 6. The minimum atomic E-state index is -0.939. The second-order valence-electron chi connectivity index (χ2n) is 22.8. The molecule has 3 aliphatic rings. The lowest BCUT2D eigenvalue weighted by Crippen LogP contribution is -2.57. The van der Waals surface area contributed by atoms with Gasteiger partial charge in [0.25, 0.3) is 5.91 Å². The van der Waals surface area contributed by atoms with E-state index >= 15 is 0 Å². The minimum Gasteiger partial charge on any atom is -0.391 e. The summed E-state index contributed by atoms with van der Waals surface area (Å²) in [6, 6.07) is 13.3. The van der Waals surface area contributed by atoms with Crippen LogP contribution in [0, 0.1) is 18.3 Å². The Bertz CT molecular complexity index is 2770. The molecule has 6 amide bonds. The van der Waals surface area contributed by atoms with E-state index < -0.39 is 29.5 Å². The number of carbonyl (C=O) groups excluding carboxylic acids is 6. The van der Waals surface area contributed by atoms with E-state index in [1.54, 1.807) is 35.9 Å². The molecule has 86 heavy (non-hydrogen) atoms. The Labute approximate surface area is 508 Å². The van der Waals surface area contributed by atoms with Crippen molar-refractivity contribution in [2.45, 2.75) is 104 Å². The second-order valence-corrected chi connectivity index (χ2v) is 23.6. The number of aryl methyl sites for hydroxylation is 1. The summed E-state index contributed by atoms with van der Waals surface area (Å²) in [5.41, 5.74) is 5.24. The number of anilines is 1. The molecule has 3 fully saturated rings. The summed E-state index contributed by atoms with van der Waals surface area (Å²) in [4.78, 5) is 95.3. The molecular weight excluding hydrogens is 1120 g/mol. The lowest BCUT2D eigenvalue weighted by atomic mass is 9.85. The van der Waals surface area contributed by atoms with Crippen LogP contribution in [0.15, 0.2) is 72.5 Å². The highest BCUT2D eigenvalue weighted by molar-refractivity contribution is 7.13. The van der Waals surface area contributed by atoms with Gasteiger partial charge in [-0.2, -0.15) is 0 Å². The summed E-state index contributed by atoms with van der Waals surface area (Å²) in [7, 11) is 0. The number of piperidine rings is 1. The number of benzene rings is 1. The molecule has 3 saturated heterocycles. The number of thiazole rings is 1. The first-order valence-electron chi connectivity index (χ1n) is 30.1. The van der Waals surface area contributed by atoms with Crippen molar-refractivity contribution in [3.63, 3.8) is 0 Å². The fourth-order valence-corrected chi connectivity index (χ4v) is 11.1. The number of amides is 6. The SMILES string of the molecule is Cc1ncsc1-c1ccc(CNC(=O)[C@@H]2C[C@@H](O)CN2C(=O)[C@@H](NC(=O)CCOCCOCCOCCOCCOCCC(=O)N2CCN(c3ccc(C(=O)N4CCC(CCCCNC(=O)/C=C/c5cccnc5)CC4)nn3)CC2)C(C)(C)C)cc1. The number of rotatable bonds is 33. The number of aromatic nitrogens is 4. The molecular formula is C62H87N11O12S. The van der Waals surface area contributed by atoms with E-state index in [1.165, 1.54) is 11.0 Å². The van der Waals surface area contributed by atoms with Gasteiger partial charge in [0.05, 0.1) is 94.7 Å². The Morgan fingerprint density at radius 2 is 1.43 bits per heavy atom. The van der Waals surface area contributed by atoms with Gasteiger partial charge in [-0.3, -0.25) is 33.8 Å². The van der Waals surface area contributed by atoms with E-state index in [0.29, 0.717) is 116 Å². The van der Waals surface area contributed by atoms with E-state index in [2.05, 4.69) is 41.0 Å². The van der Waals surface area contributed by atoms with Crippen LogP contribution in [-0.4, -0.2) is 212 Å². The summed E-state index contributed by atoms with van der Waals surface area (Å²) >= 11 is 1.57. The van der Waals surface area contributed by atoms with Gasteiger partial charge < -0.3 is 64.3 Å². The van der Waals surface area contributed by atoms with Crippen LogP contribution in [0.2, 0.25) is 0 Å². The Balaban J connectivity index is 0.642. The van der Waals surface area contributed by atoms with Crippen molar-refractivity contribution >= 4 is 58.7 Å². The maximum Gasteiger partial charge on any atom is 0.274 e. The molecule has 6 heterocycles. The molecule has 0 unspecified atom stereocenters. The maximum absolute atomic E-state index is 14.0. The number of pyridine rings is 1. The van der Waals surface area contributed by atoms with Crippen LogP contribution in [0.1, 0.15) is 99.4 Å². The Kier molecular flexibility index (Phi) is 27.2. The van der Waals surface area contributed by atoms with Crippen LogP contribution in [0.3, 0.4) is 0 Å². The van der Waals surface area contributed by atoms with Crippen LogP contribution in [-0.2, 0) is 54.2 Å². The molecule has 3 aliphatic heterocycles. The Morgan fingerprint density at radius 3 is 2.03 bits per heavy atom. The number of hydrogen-bond donors (Lipinski definition) is 4. The van der Waals surface area contributed by atoms with Gasteiger partial charge in [0.2, 0.25) is 29.5 Å². The van der Waals surface area contributed by atoms with Crippen LogP contribution in [0.25, 0.3) is 16.5 Å². The largest absolute Gasteiger partial charge is 0.391 e. The molecule has 3 aromatic heterocycles. The predicted molar refractivity (Wildman–Crippen MR) is 325 cm³/mol. The number of likely N-dealkylation sites (tertiary alicyclic amines) is 2. The third kappa shape index (κ3) is 21.9. The zero-order valence-electron chi connectivity index (χ0n) is 50.3. The highest BCUT2D eigenvalue weighted by atomic mass is 32.1. The van der Waals surface area contributed by atoms with Gasteiger partial charge in [0.15, 0.2) is 11.5 Å². The number of aliphatic hydroxyl groups excluding tert-OH is 1. The van der Waals surface area contributed by atoms with Crippen LogP contribution >= 0.6 is 11.3 Å². The number of ether oxygens (including phenoxy) is 5. The molecule has 0 radical (unpaired) electrons. The van der Waals surface area contributed by atoms with Crippen molar-refractivity contribution in [1.82, 2.24) is 50.8 Å². The zero-order valence-corrected chi connectivity index (χ0v) is 51.1. The van der Waals surface area contributed by atoms with Crippen molar-refractivity contribution in [2.24, 2.45) is 11.3 Å². The summed E-state index contributed by atoms with van der Waals surface area (Å²) in [5.74, 6) is -0.136. The highest BCUT2D eigenvalue weighted by Gasteiger charge is 2.44. The molecule has 0 saturated carbocycles. The van der Waals surface area contributed by atoms with E-state index in [0.717, 1.165) is 59.4 Å². The van der Waals surface area contributed by atoms with Gasteiger partial charge in [-0.1, -0.05) is 63.9 Å². The normalized spacial score (nSPS) is 17.0. The number of nitrogens with one attached hydrogen (secondary N) is 3. The third-order valence-electron chi connectivity index (χ3n) is 15.3. The topological polar surface area (TPSA) is 269 Å². The summed E-state index contributed by atoms with van der Waals surface area (Å²) in [5, 5.41) is 28.0. The summed E-state index contributed by atoms with van der Waals surface area (Å²) in [6.07, 6.45) is 11.1. The number of nitrogens with zero attached hydrogens (tertiary/aromatic N) is 8. The third-order valence-corrected chi connectivity index (χ3v) is 16.3. The number of piperazine rings is 1. The fraction of sp³-hybridized carbons (Fsp3) is 0.581. The zero-order chi connectivity index (χ0) is 61.1. The van der Waals surface area contributed by atoms with Crippen molar-refractivity contribution in [3.05, 3.63) is 95.0 Å². The molecule has 468 valence electrons. The number of β-amino-alcohol motifs (C(OH)–C–C–N with tert-alkyl or cyclic N) is 1. The van der Waals surface area contributed by atoms with Gasteiger partial charge in [0.1, 0.15) is 12.1 Å². The first-order valence-corrected chi connectivity index (χ1v) is 31.0. The average Bonchev–Trinajstić information content (AvgIpc) is 3.81. The van der Waals surface area contributed by atoms with Crippen molar-refractivity contribution < 1.29 is 57.6 Å². The first-order chi connectivity index (χ1) is 41.6. The molecule has 23 nitrogen and oxygen atoms in total. The molecule has 7 rings (SSSR count). The first kappa shape index (κ1) is 66.7. The van der Waals surface area contributed by atoms with Gasteiger partial charge in [-0.25, -0.2) is 4.98 Å². The quantitative estimate of drug-likeness (QED) is 0.0378. The lowest BCUT2D eigenvalue weighted by Gasteiger charge is -2.35. The van der Waals surface area contributed by atoms with E-state index in [4.69, 9.17) is 23.7 Å². The Morgan fingerprint density at radius 1 is 0.767 bits per heavy atom. The van der Waals surface area contributed by atoms with Gasteiger partial charge >= 0.3 is 0 Å². The van der Waals surface area contributed by atoms with Gasteiger partial charge in [-0.05, 0) is 78.5 Å². The van der Waals surface area contributed by atoms with E-state index in [-0.39, 0.29) is 75.1 Å². The fourth-order valence-electron chi connectivity index (χ4n) is 10.3. The number of aliphatic hydroxyl groups is 1. The van der Waals surface area contributed by atoms with Crippen molar-refractivity contribution in [1.29, 1.82) is 0 Å². The van der Waals surface area contributed by atoms with Crippen molar-refractivity contribution in [2.75, 3.05) is 123 Å². The molecule has 3 atom stereocenters. The molecule has 4 aromatic rings. The molecule has 24 heteroatoms. The van der Waals surface area contributed by atoms with E-state index in [9.17, 15) is 33.9 Å². The standard InChI is InChI=1S/C62H87N11O12S/c1-45-57(86-44-66-45)49-13-10-48(11-14-49)42-65-59(78)52-40-50(74)43-73(52)61(80)58(62(2,3)4)67-55(76)20-30-81-32-34-83-36-38-85-39-37-84-35-33-82-31-21-56(77)71-28-26-70(27-29-71)53-16-15-51(68-69-53)60(79)72-24-18-46(19-25-72)8-5-6-23-64-54(75)17-12-47-9-7-22-63-41-47/h7,9-17,22,41,44,46,50,52,58,74H,5-6,8,18-21,23-40,42-43H2,1-4H3,(H,64,75)(H,65,78)(H,67,76)/b17-12+/t50-,52+,58-/m1/s1. The Hall–Kier alpha value is -6.80. The lowest BCUT2D eigenvalue weighted by molar-refractivity contribution is -0.144. The number of unbranched alkanes of at least 4 members (excludes halogenated alkanes) is 1.